The Balaban J connectivity index is 1.97. The van der Waals surface area contributed by atoms with Crippen molar-refractivity contribution in [2.75, 3.05) is 5.32 Å². The van der Waals surface area contributed by atoms with E-state index in [-0.39, 0.29) is 23.4 Å². The summed E-state index contributed by atoms with van der Waals surface area (Å²) < 4.78 is 19.2. The van der Waals surface area contributed by atoms with Crippen LogP contribution < -0.4 is 5.32 Å². The highest BCUT2D eigenvalue weighted by Gasteiger charge is 2.22. The van der Waals surface area contributed by atoms with Gasteiger partial charge in [0, 0.05) is 18.3 Å². The Morgan fingerprint density at radius 3 is 2.59 bits per heavy atom. The van der Waals surface area contributed by atoms with Gasteiger partial charge in [-0.1, -0.05) is 32.9 Å². The first kappa shape index (κ1) is 16.2. The molecule has 0 saturated heterocycles. The number of hydrogen-bond acceptors (Lipinski definition) is 3. The summed E-state index contributed by atoms with van der Waals surface area (Å²) >= 11 is 0. The minimum Gasteiger partial charge on any atom is -0.445 e. The molecule has 1 aromatic carbocycles. The predicted molar refractivity (Wildman–Crippen MR) is 83.3 cm³/mol. The molecule has 1 aromatic heterocycles. The van der Waals surface area contributed by atoms with Crippen LogP contribution in [0, 0.1) is 12.7 Å². The molecule has 22 heavy (non-hydrogen) atoms. The molecule has 118 valence electrons. The van der Waals surface area contributed by atoms with E-state index in [0.29, 0.717) is 18.1 Å². The second-order valence-electron chi connectivity index (χ2n) is 6.31. The number of oxazole rings is 1. The minimum atomic E-state index is -0.443. The van der Waals surface area contributed by atoms with Gasteiger partial charge in [0.15, 0.2) is 5.89 Å². The van der Waals surface area contributed by atoms with E-state index in [1.165, 1.54) is 12.1 Å². The van der Waals surface area contributed by atoms with Crippen molar-refractivity contribution < 1.29 is 13.6 Å². The average Bonchev–Trinajstić information content (AvgIpc) is 2.80. The van der Waals surface area contributed by atoms with E-state index in [1.54, 1.807) is 12.1 Å². The zero-order valence-corrected chi connectivity index (χ0v) is 13.4. The zero-order valence-electron chi connectivity index (χ0n) is 13.4. The maximum atomic E-state index is 13.5. The fourth-order valence-corrected chi connectivity index (χ4v) is 1.98. The van der Waals surface area contributed by atoms with E-state index in [1.807, 2.05) is 27.7 Å². The Labute approximate surface area is 129 Å². The van der Waals surface area contributed by atoms with Gasteiger partial charge in [-0.05, 0) is 19.1 Å². The van der Waals surface area contributed by atoms with Crippen LogP contribution in [-0.2, 0) is 16.6 Å². The van der Waals surface area contributed by atoms with Gasteiger partial charge in [-0.2, -0.15) is 0 Å². The number of nitrogens with one attached hydrogen (secondary N) is 1. The van der Waals surface area contributed by atoms with Crippen molar-refractivity contribution in [1.29, 1.82) is 0 Å². The first-order valence-corrected chi connectivity index (χ1v) is 7.28. The summed E-state index contributed by atoms with van der Waals surface area (Å²) in [4.78, 5) is 16.3. The van der Waals surface area contributed by atoms with E-state index in [0.717, 1.165) is 5.69 Å². The Morgan fingerprint density at radius 1 is 1.32 bits per heavy atom. The monoisotopic (exact) mass is 304 g/mol. The number of amides is 1. The highest BCUT2D eigenvalue weighted by molar-refractivity contribution is 5.90. The van der Waals surface area contributed by atoms with Crippen molar-refractivity contribution in [3.8, 4) is 0 Å². The van der Waals surface area contributed by atoms with Gasteiger partial charge in [0.2, 0.25) is 5.91 Å². The van der Waals surface area contributed by atoms with E-state index in [4.69, 9.17) is 4.42 Å². The third kappa shape index (κ3) is 3.93. The molecule has 4 nitrogen and oxygen atoms in total. The Hall–Kier alpha value is -2.17. The van der Waals surface area contributed by atoms with Crippen LogP contribution in [0.4, 0.5) is 10.1 Å². The van der Waals surface area contributed by atoms with Crippen molar-refractivity contribution in [1.82, 2.24) is 4.98 Å². The largest absolute Gasteiger partial charge is 0.445 e. The van der Waals surface area contributed by atoms with E-state index in [9.17, 15) is 9.18 Å². The molecular weight excluding hydrogens is 283 g/mol. The lowest BCUT2D eigenvalue weighted by molar-refractivity contribution is -0.116. The molecule has 2 aromatic rings. The summed E-state index contributed by atoms with van der Waals surface area (Å²) in [5, 5.41) is 2.56. The van der Waals surface area contributed by atoms with Crippen molar-refractivity contribution in [2.24, 2.45) is 0 Å². The number of aryl methyl sites for hydroxylation is 2. The molecule has 1 heterocycles. The number of para-hydroxylation sites is 1. The lowest BCUT2D eigenvalue weighted by Crippen LogP contribution is -2.13. The summed E-state index contributed by atoms with van der Waals surface area (Å²) in [5.74, 6) is 0.669. The first-order chi connectivity index (χ1) is 10.3. The third-order valence-corrected chi connectivity index (χ3v) is 3.26. The van der Waals surface area contributed by atoms with Crippen LogP contribution in [0.25, 0.3) is 0 Å². The van der Waals surface area contributed by atoms with Crippen LogP contribution in [0.1, 0.15) is 44.5 Å². The van der Waals surface area contributed by atoms with E-state index < -0.39 is 5.82 Å². The van der Waals surface area contributed by atoms with Crippen molar-refractivity contribution >= 4 is 11.6 Å². The summed E-state index contributed by atoms with van der Waals surface area (Å²) in [7, 11) is 0. The smallest absolute Gasteiger partial charge is 0.224 e. The van der Waals surface area contributed by atoms with Gasteiger partial charge in [0.25, 0.3) is 0 Å². The molecule has 0 bridgehead atoms. The maximum absolute atomic E-state index is 13.5. The second-order valence-corrected chi connectivity index (χ2v) is 6.31. The number of halogens is 1. The molecule has 0 unspecified atom stereocenters. The van der Waals surface area contributed by atoms with Gasteiger partial charge in [-0.3, -0.25) is 4.79 Å². The molecule has 0 aliphatic heterocycles. The summed E-state index contributed by atoms with van der Waals surface area (Å²) in [6.07, 6.45) is 0.656. The highest BCUT2D eigenvalue weighted by atomic mass is 19.1. The topological polar surface area (TPSA) is 55.1 Å². The van der Waals surface area contributed by atoms with E-state index >= 15 is 0 Å². The van der Waals surface area contributed by atoms with Gasteiger partial charge in [0.1, 0.15) is 11.6 Å². The minimum absolute atomic E-state index is 0.168. The van der Waals surface area contributed by atoms with Crippen LogP contribution in [0.15, 0.2) is 28.7 Å². The SMILES string of the molecule is Cc1nc(C(C)(C)C)oc1CCC(=O)Nc1ccccc1F. The van der Waals surface area contributed by atoms with Gasteiger partial charge >= 0.3 is 0 Å². The fraction of sp³-hybridized carbons (Fsp3) is 0.412. The molecule has 0 spiro atoms. The van der Waals surface area contributed by atoms with Crippen LogP contribution in [0.2, 0.25) is 0 Å². The number of carbonyl (C=O) groups excluding carboxylic acids is 1. The standard InChI is InChI=1S/C17H21FN2O2/c1-11-14(22-16(19-11)17(2,3)4)9-10-15(21)20-13-8-6-5-7-12(13)18/h5-8H,9-10H2,1-4H3,(H,20,21). The number of hydrogen-bond donors (Lipinski definition) is 1. The lowest BCUT2D eigenvalue weighted by atomic mass is 9.97. The third-order valence-electron chi connectivity index (χ3n) is 3.26. The highest BCUT2D eigenvalue weighted by Crippen LogP contribution is 2.24. The van der Waals surface area contributed by atoms with Crippen LogP contribution in [-0.4, -0.2) is 10.9 Å². The summed E-state index contributed by atoms with van der Waals surface area (Å²) in [6.45, 7) is 7.93. The Morgan fingerprint density at radius 2 is 2.00 bits per heavy atom. The molecule has 0 radical (unpaired) electrons. The summed E-state index contributed by atoms with van der Waals surface area (Å²) in [5.41, 5.74) is 0.819. The average molecular weight is 304 g/mol. The van der Waals surface area contributed by atoms with E-state index in [2.05, 4.69) is 10.3 Å². The zero-order chi connectivity index (χ0) is 16.3. The molecule has 0 fully saturated rings. The quantitative estimate of drug-likeness (QED) is 0.929. The van der Waals surface area contributed by atoms with Crippen LogP contribution >= 0.6 is 0 Å². The predicted octanol–water partition coefficient (Wildman–Crippen LogP) is 3.99. The number of aromatic nitrogens is 1. The Bertz CT molecular complexity index is 672. The molecule has 5 heteroatoms. The number of rotatable bonds is 4. The second kappa shape index (κ2) is 6.30. The lowest BCUT2D eigenvalue weighted by Gasteiger charge is -2.12. The normalized spacial score (nSPS) is 11.5. The number of anilines is 1. The molecule has 0 saturated carbocycles. The van der Waals surface area contributed by atoms with Gasteiger partial charge in [0.05, 0.1) is 11.4 Å². The molecule has 0 atom stereocenters. The maximum Gasteiger partial charge on any atom is 0.224 e. The summed E-state index contributed by atoms with van der Waals surface area (Å²) in [6, 6.07) is 6.10. The first-order valence-electron chi connectivity index (χ1n) is 7.28. The molecule has 2 rings (SSSR count). The fourth-order valence-electron chi connectivity index (χ4n) is 1.98. The van der Waals surface area contributed by atoms with Crippen molar-refractivity contribution in [2.45, 2.75) is 46.0 Å². The molecule has 1 amide bonds. The molecular formula is C17H21FN2O2. The molecule has 1 N–H and O–H groups in total. The number of carbonyl (C=O) groups is 1. The van der Waals surface area contributed by atoms with Gasteiger partial charge in [-0.15, -0.1) is 0 Å². The Kier molecular flexibility index (Phi) is 4.64. The molecule has 0 aliphatic carbocycles. The van der Waals surface area contributed by atoms with Crippen molar-refractivity contribution in [3.63, 3.8) is 0 Å². The number of nitrogens with zero attached hydrogens (tertiary/aromatic N) is 1. The molecule has 0 aliphatic rings. The van der Waals surface area contributed by atoms with Crippen LogP contribution in [0.5, 0.6) is 0 Å². The van der Waals surface area contributed by atoms with Crippen LogP contribution in [0.3, 0.4) is 0 Å². The van der Waals surface area contributed by atoms with Crippen molar-refractivity contribution in [3.05, 3.63) is 47.4 Å². The van der Waals surface area contributed by atoms with Gasteiger partial charge in [-0.25, -0.2) is 9.37 Å². The van der Waals surface area contributed by atoms with Gasteiger partial charge < -0.3 is 9.73 Å². The number of benzene rings is 1.